The molecule has 34 heavy (non-hydrogen) atoms. The van der Waals surface area contributed by atoms with E-state index < -0.39 is 41.7 Å². The van der Waals surface area contributed by atoms with E-state index in [9.17, 15) is 24.9 Å². The highest BCUT2D eigenvalue weighted by Crippen LogP contribution is 2.71. The number of carbonyl (C=O) groups excluding carboxylic acids is 2. The Bertz CT molecular complexity index is 1140. The van der Waals surface area contributed by atoms with Gasteiger partial charge in [-0.15, -0.1) is 0 Å². The minimum Gasteiger partial charge on any atom is -0.451 e. The lowest BCUT2D eigenvalue weighted by Gasteiger charge is -2.48. The molecule has 1 aromatic carbocycles. The van der Waals surface area contributed by atoms with Gasteiger partial charge in [0.15, 0.2) is 17.5 Å². The van der Waals surface area contributed by atoms with Crippen molar-refractivity contribution in [3.63, 3.8) is 0 Å². The SMILES string of the molecule is CC1=C[C@]23C(=O)C(C=C(CO)[C@@H](O)[C@]2(O)[C@H]1OC(=O)c1ccccc1N)[C@H]1[C@@H](C[C@H]3C)C1(C)C. The molecule has 2 bridgehead atoms. The summed E-state index contributed by atoms with van der Waals surface area (Å²) >= 11 is 0. The van der Waals surface area contributed by atoms with Crippen LogP contribution in [0, 0.1) is 34.5 Å². The second kappa shape index (κ2) is 7.26. The van der Waals surface area contributed by atoms with E-state index in [0.717, 1.165) is 0 Å². The lowest BCUT2D eigenvalue weighted by Crippen LogP contribution is -2.65. The Kier molecular flexibility index (Phi) is 4.97. The number of carbonyl (C=O) groups is 2. The normalized spacial score (nSPS) is 41.9. The lowest BCUT2D eigenvalue weighted by atomic mass is 9.59. The van der Waals surface area contributed by atoms with Crippen LogP contribution in [0.15, 0.2) is 47.6 Å². The summed E-state index contributed by atoms with van der Waals surface area (Å²) < 4.78 is 5.83. The van der Waals surface area contributed by atoms with E-state index in [0.29, 0.717) is 12.0 Å². The van der Waals surface area contributed by atoms with E-state index in [-0.39, 0.29) is 45.8 Å². The van der Waals surface area contributed by atoms with E-state index in [1.165, 1.54) is 6.07 Å². The van der Waals surface area contributed by atoms with Crippen LogP contribution in [-0.2, 0) is 9.53 Å². The Labute approximate surface area is 199 Å². The second-order valence-electron chi connectivity index (χ2n) is 11.2. The minimum absolute atomic E-state index is 0.0469. The molecule has 0 amide bonds. The van der Waals surface area contributed by atoms with Crippen LogP contribution in [0.25, 0.3) is 0 Å². The number of hydrogen-bond donors (Lipinski definition) is 4. The summed E-state index contributed by atoms with van der Waals surface area (Å²) in [6.07, 6.45) is 1.21. The van der Waals surface area contributed by atoms with Gasteiger partial charge in [-0.2, -0.15) is 0 Å². The first-order valence-electron chi connectivity index (χ1n) is 11.9. The number of nitrogens with two attached hydrogens (primary N) is 1. The topological polar surface area (TPSA) is 130 Å². The maximum atomic E-state index is 14.3. The highest BCUT2D eigenvalue weighted by Gasteiger charge is 2.76. The molecule has 0 heterocycles. The second-order valence-corrected chi connectivity index (χ2v) is 11.2. The number of Topliss-reactive ketones (excluding diaryl/α,β-unsaturated/α-hetero) is 1. The molecular formula is C27H33NO6. The summed E-state index contributed by atoms with van der Waals surface area (Å²) in [6.45, 7) is 7.40. The summed E-state index contributed by atoms with van der Waals surface area (Å²) in [5.41, 5.74) is 3.35. The van der Waals surface area contributed by atoms with Crippen molar-refractivity contribution in [2.45, 2.75) is 51.9 Å². The van der Waals surface area contributed by atoms with E-state index in [1.54, 1.807) is 37.3 Å². The highest BCUT2D eigenvalue weighted by molar-refractivity contribution is 5.97. The molecule has 4 aliphatic rings. The van der Waals surface area contributed by atoms with Gasteiger partial charge in [-0.1, -0.05) is 45.1 Å². The van der Waals surface area contributed by atoms with Crippen LogP contribution < -0.4 is 5.73 Å². The quantitative estimate of drug-likeness (QED) is 0.305. The summed E-state index contributed by atoms with van der Waals surface area (Å²) in [4.78, 5) is 27.4. The smallest absolute Gasteiger partial charge is 0.340 e. The highest BCUT2D eigenvalue weighted by atomic mass is 16.6. The number of nitrogen functional groups attached to an aromatic ring is 1. The number of aliphatic hydroxyl groups is 3. The molecule has 4 aliphatic carbocycles. The fraction of sp³-hybridized carbons (Fsp3) is 0.556. The van der Waals surface area contributed by atoms with Crippen molar-refractivity contribution in [2.75, 3.05) is 12.3 Å². The van der Waals surface area contributed by atoms with E-state index in [1.807, 2.05) is 6.92 Å². The number of fused-ring (bicyclic) bond motifs is 3. The molecule has 1 unspecified atom stereocenters. The van der Waals surface area contributed by atoms with Crippen molar-refractivity contribution in [1.29, 1.82) is 0 Å². The number of allylic oxidation sites excluding steroid dienone is 1. The first kappa shape index (κ1) is 23.3. The Morgan fingerprint density at radius 3 is 2.59 bits per heavy atom. The average Bonchev–Trinajstić information content (AvgIpc) is 3.28. The Hall–Kier alpha value is -2.48. The molecule has 0 aromatic heterocycles. The molecular weight excluding hydrogens is 434 g/mol. The number of anilines is 1. The van der Waals surface area contributed by atoms with Gasteiger partial charge >= 0.3 is 5.97 Å². The number of benzene rings is 1. The van der Waals surface area contributed by atoms with Crippen LogP contribution in [0.3, 0.4) is 0 Å². The van der Waals surface area contributed by atoms with Gasteiger partial charge in [-0.25, -0.2) is 4.79 Å². The number of hydrogen-bond acceptors (Lipinski definition) is 7. The first-order valence-corrected chi connectivity index (χ1v) is 11.9. The van der Waals surface area contributed by atoms with Crippen molar-refractivity contribution in [2.24, 2.45) is 34.5 Å². The maximum absolute atomic E-state index is 14.3. The van der Waals surface area contributed by atoms with Crippen molar-refractivity contribution in [1.82, 2.24) is 0 Å². The predicted molar refractivity (Wildman–Crippen MR) is 125 cm³/mol. The van der Waals surface area contributed by atoms with E-state index >= 15 is 0 Å². The molecule has 0 aliphatic heterocycles. The molecule has 5 N–H and O–H groups in total. The molecule has 7 nitrogen and oxygen atoms in total. The van der Waals surface area contributed by atoms with Gasteiger partial charge in [0.1, 0.15) is 6.10 Å². The molecule has 7 heteroatoms. The zero-order chi connectivity index (χ0) is 24.8. The van der Waals surface area contributed by atoms with Gasteiger partial charge in [0.05, 0.1) is 17.6 Å². The summed E-state index contributed by atoms with van der Waals surface area (Å²) in [5.74, 6) is -1.44. The van der Waals surface area contributed by atoms with Crippen LogP contribution in [0.2, 0.25) is 0 Å². The first-order chi connectivity index (χ1) is 15.9. The van der Waals surface area contributed by atoms with Crippen LogP contribution in [0.4, 0.5) is 5.69 Å². The van der Waals surface area contributed by atoms with Crippen molar-refractivity contribution in [3.05, 3.63) is 53.1 Å². The molecule has 2 fully saturated rings. The fourth-order valence-electron chi connectivity index (χ4n) is 7.45. The molecule has 2 saturated carbocycles. The number of esters is 1. The van der Waals surface area contributed by atoms with Gasteiger partial charge in [0, 0.05) is 11.6 Å². The molecule has 8 atom stereocenters. The Morgan fingerprint density at radius 1 is 1.26 bits per heavy atom. The number of rotatable bonds is 3. The molecule has 0 saturated heterocycles. The van der Waals surface area contributed by atoms with Gasteiger partial charge in [-0.05, 0) is 59.8 Å². The monoisotopic (exact) mass is 467 g/mol. The largest absolute Gasteiger partial charge is 0.451 e. The van der Waals surface area contributed by atoms with Crippen LogP contribution in [-0.4, -0.2) is 51.5 Å². The molecule has 1 aromatic rings. The van der Waals surface area contributed by atoms with Crippen molar-refractivity contribution >= 4 is 17.4 Å². The summed E-state index contributed by atoms with van der Waals surface area (Å²) in [6, 6.07) is 6.45. The van der Waals surface area contributed by atoms with E-state index in [2.05, 4.69) is 13.8 Å². The van der Waals surface area contributed by atoms with Crippen LogP contribution in [0.1, 0.15) is 44.5 Å². The molecule has 5 rings (SSSR count). The summed E-state index contributed by atoms with van der Waals surface area (Å²) in [5, 5.41) is 34.0. The maximum Gasteiger partial charge on any atom is 0.340 e. The van der Waals surface area contributed by atoms with Crippen LogP contribution in [0.5, 0.6) is 0 Å². The Balaban J connectivity index is 1.65. The third-order valence-electron chi connectivity index (χ3n) is 9.30. The molecule has 1 spiro atoms. The molecule has 182 valence electrons. The lowest BCUT2D eigenvalue weighted by molar-refractivity contribution is -0.190. The number of para-hydroxylation sites is 1. The zero-order valence-electron chi connectivity index (χ0n) is 20.0. The summed E-state index contributed by atoms with van der Waals surface area (Å²) in [7, 11) is 0. The number of aliphatic hydroxyl groups excluding tert-OH is 2. The number of ether oxygens (including phenoxy) is 1. The molecule has 0 radical (unpaired) electrons. The van der Waals surface area contributed by atoms with Crippen molar-refractivity contribution in [3.8, 4) is 0 Å². The Morgan fingerprint density at radius 2 is 1.94 bits per heavy atom. The minimum atomic E-state index is -2.16. The predicted octanol–water partition coefficient (Wildman–Crippen LogP) is 2.26. The van der Waals surface area contributed by atoms with Gasteiger partial charge in [0.2, 0.25) is 0 Å². The van der Waals surface area contributed by atoms with Gasteiger partial charge in [0.25, 0.3) is 0 Å². The standard InChI is InChI=1S/C27H33NO6/c1-13-11-26-14(2)9-18-20(25(18,3)4)17(22(26)31)10-15(12-29)21(30)27(26,33)23(13)34-24(32)16-7-5-6-8-19(16)28/h5-8,10-11,14,17-18,20-21,23,29-30,33H,9,12,28H2,1-4H3/t14-,17?,18-,20+,21-,23+,26+,27+/m1/s1. The third-order valence-corrected chi connectivity index (χ3v) is 9.30. The van der Waals surface area contributed by atoms with Crippen molar-refractivity contribution < 1.29 is 29.6 Å². The van der Waals surface area contributed by atoms with E-state index in [4.69, 9.17) is 10.5 Å². The number of ketones is 1. The fourth-order valence-corrected chi connectivity index (χ4v) is 7.45. The van der Waals surface area contributed by atoms with Gasteiger partial charge in [-0.3, -0.25) is 4.79 Å². The van der Waals surface area contributed by atoms with Gasteiger partial charge < -0.3 is 25.8 Å². The third kappa shape index (κ3) is 2.69. The average molecular weight is 468 g/mol. The van der Waals surface area contributed by atoms with Crippen LogP contribution >= 0.6 is 0 Å². The zero-order valence-corrected chi connectivity index (χ0v) is 20.0.